The number of pyridine rings is 1. The fraction of sp³-hybridized carbons (Fsp3) is 0.280. The Bertz CT molecular complexity index is 1170. The highest BCUT2D eigenvalue weighted by atomic mass is 35.5. The lowest BCUT2D eigenvalue weighted by Gasteiger charge is -2.33. The molecule has 1 aliphatic heterocycles. The molecular weight excluding hydrogens is 445 g/mol. The highest BCUT2D eigenvalue weighted by Crippen LogP contribution is 2.31. The van der Waals surface area contributed by atoms with Crippen molar-refractivity contribution in [3.05, 3.63) is 98.7 Å². The SMILES string of the molecule is COn1cc(C(=O)N2CCC(c3ccc(F)cc3)CC2)c(NCc2ccccc2)c(Cl)c1=O. The van der Waals surface area contributed by atoms with Gasteiger partial charge in [-0.1, -0.05) is 54.1 Å². The predicted octanol–water partition coefficient (Wildman–Crippen LogP) is 4.33. The van der Waals surface area contributed by atoms with E-state index in [4.69, 9.17) is 16.4 Å². The highest BCUT2D eigenvalue weighted by Gasteiger charge is 2.28. The number of piperidine rings is 1. The number of nitrogens with one attached hydrogen (secondary N) is 1. The van der Waals surface area contributed by atoms with Gasteiger partial charge in [0.2, 0.25) is 0 Å². The van der Waals surface area contributed by atoms with Crippen molar-refractivity contribution in [2.45, 2.75) is 25.3 Å². The summed E-state index contributed by atoms with van der Waals surface area (Å²) in [7, 11) is 1.34. The fourth-order valence-corrected chi connectivity index (χ4v) is 4.39. The second kappa shape index (κ2) is 10.1. The summed E-state index contributed by atoms with van der Waals surface area (Å²) in [4.78, 5) is 32.8. The third-order valence-electron chi connectivity index (χ3n) is 5.99. The van der Waals surface area contributed by atoms with Gasteiger partial charge in [0.15, 0.2) is 0 Å². The molecule has 33 heavy (non-hydrogen) atoms. The molecule has 0 aliphatic carbocycles. The third-order valence-corrected chi connectivity index (χ3v) is 6.34. The van der Waals surface area contributed by atoms with Crippen LogP contribution >= 0.6 is 11.6 Å². The molecule has 0 saturated carbocycles. The van der Waals surface area contributed by atoms with Crippen LogP contribution in [-0.4, -0.2) is 35.7 Å². The number of halogens is 2. The molecular formula is C25H25ClFN3O3. The van der Waals surface area contributed by atoms with Crippen LogP contribution < -0.4 is 15.7 Å². The summed E-state index contributed by atoms with van der Waals surface area (Å²) < 4.78 is 14.2. The normalized spacial score (nSPS) is 14.2. The standard InChI is InChI=1S/C25H25ClFN3O3/c1-33-30-16-21(23(22(26)25(30)32)28-15-17-5-3-2-4-6-17)24(31)29-13-11-19(12-14-29)18-7-9-20(27)10-8-18/h2-10,16,19,28H,11-15H2,1H3. The van der Waals surface area contributed by atoms with E-state index in [1.165, 1.54) is 25.4 Å². The molecule has 1 aromatic heterocycles. The zero-order valence-electron chi connectivity index (χ0n) is 18.3. The molecule has 0 radical (unpaired) electrons. The van der Waals surface area contributed by atoms with E-state index in [0.29, 0.717) is 25.3 Å². The van der Waals surface area contributed by atoms with Crippen molar-refractivity contribution in [3.8, 4) is 0 Å². The van der Waals surface area contributed by atoms with E-state index < -0.39 is 5.56 Å². The number of carbonyl (C=O) groups is 1. The van der Waals surface area contributed by atoms with Crippen LogP contribution in [-0.2, 0) is 6.54 Å². The van der Waals surface area contributed by atoms with Crippen LogP contribution in [0.2, 0.25) is 5.02 Å². The van der Waals surface area contributed by atoms with Crippen molar-refractivity contribution in [2.24, 2.45) is 0 Å². The zero-order chi connectivity index (χ0) is 23.4. The van der Waals surface area contributed by atoms with Crippen LogP contribution in [0, 0.1) is 5.82 Å². The average Bonchev–Trinajstić information content (AvgIpc) is 2.85. The molecule has 172 valence electrons. The average molecular weight is 470 g/mol. The maximum atomic E-state index is 13.5. The van der Waals surface area contributed by atoms with Gasteiger partial charge in [-0.05, 0) is 42.0 Å². The molecule has 8 heteroatoms. The second-order valence-electron chi connectivity index (χ2n) is 8.00. The molecule has 2 heterocycles. The monoisotopic (exact) mass is 469 g/mol. The number of nitrogens with zero attached hydrogens (tertiary/aromatic N) is 2. The highest BCUT2D eigenvalue weighted by molar-refractivity contribution is 6.33. The van der Waals surface area contributed by atoms with Gasteiger partial charge >= 0.3 is 5.56 Å². The molecule has 1 fully saturated rings. The summed E-state index contributed by atoms with van der Waals surface area (Å²) in [6.07, 6.45) is 2.92. The summed E-state index contributed by atoms with van der Waals surface area (Å²) in [5, 5.41) is 3.07. The Morgan fingerprint density at radius 1 is 1.12 bits per heavy atom. The minimum absolute atomic E-state index is 0.0974. The molecule has 3 aromatic rings. The summed E-state index contributed by atoms with van der Waals surface area (Å²) in [6, 6.07) is 16.2. The predicted molar refractivity (Wildman–Crippen MR) is 126 cm³/mol. The number of anilines is 1. The number of amides is 1. The van der Waals surface area contributed by atoms with Crippen molar-refractivity contribution >= 4 is 23.2 Å². The largest absolute Gasteiger partial charge is 0.414 e. The summed E-state index contributed by atoms with van der Waals surface area (Å²) >= 11 is 6.37. The van der Waals surface area contributed by atoms with E-state index in [1.54, 1.807) is 17.0 Å². The topological polar surface area (TPSA) is 63.6 Å². The zero-order valence-corrected chi connectivity index (χ0v) is 19.0. The smallest absolute Gasteiger partial charge is 0.303 e. The van der Waals surface area contributed by atoms with Crippen LogP contribution in [0.15, 0.2) is 65.6 Å². The van der Waals surface area contributed by atoms with Crippen LogP contribution in [0.25, 0.3) is 0 Å². The second-order valence-corrected chi connectivity index (χ2v) is 8.38. The molecule has 0 atom stereocenters. The van der Waals surface area contributed by atoms with Gasteiger partial charge in [0.05, 0.1) is 17.4 Å². The van der Waals surface area contributed by atoms with Crippen molar-refractivity contribution < 1.29 is 14.0 Å². The number of rotatable bonds is 6. The number of hydrogen-bond acceptors (Lipinski definition) is 4. The molecule has 1 amide bonds. The van der Waals surface area contributed by atoms with Crippen LogP contribution in [0.4, 0.5) is 10.1 Å². The van der Waals surface area contributed by atoms with E-state index in [2.05, 4.69) is 5.32 Å². The van der Waals surface area contributed by atoms with Crippen LogP contribution in [0.5, 0.6) is 0 Å². The van der Waals surface area contributed by atoms with Crippen molar-refractivity contribution in [1.82, 2.24) is 9.63 Å². The van der Waals surface area contributed by atoms with Gasteiger partial charge in [-0.2, -0.15) is 4.73 Å². The number of likely N-dealkylation sites (tertiary alicyclic amines) is 1. The van der Waals surface area contributed by atoms with Gasteiger partial charge in [-0.15, -0.1) is 0 Å². The molecule has 0 unspecified atom stereocenters. The summed E-state index contributed by atoms with van der Waals surface area (Å²) in [6.45, 7) is 1.50. The minimum atomic E-state index is -0.540. The van der Waals surface area contributed by atoms with E-state index in [-0.39, 0.29) is 28.2 Å². The van der Waals surface area contributed by atoms with Crippen LogP contribution in [0.3, 0.4) is 0 Å². The molecule has 0 spiro atoms. The van der Waals surface area contributed by atoms with Crippen molar-refractivity contribution in [1.29, 1.82) is 0 Å². The molecule has 6 nitrogen and oxygen atoms in total. The number of benzene rings is 2. The molecule has 1 N–H and O–H groups in total. The van der Waals surface area contributed by atoms with Crippen molar-refractivity contribution in [3.63, 3.8) is 0 Å². The van der Waals surface area contributed by atoms with E-state index in [9.17, 15) is 14.0 Å². The van der Waals surface area contributed by atoms with Gasteiger partial charge in [0.25, 0.3) is 5.91 Å². The molecule has 1 saturated heterocycles. The number of aromatic nitrogens is 1. The Kier molecular flexibility index (Phi) is 6.99. The van der Waals surface area contributed by atoms with Gasteiger partial charge < -0.3 is 15.1 Å². The van der Waals surface area contributed by atoms with Gasteiger partial charge in [0, 0.05) is 19.6 Å². The Morgan fingerprint density at radius 2 is 1.79 bits per heavy atom. The maximum Gasteiger partial charge on any atom is 0.303 e. The lowest BCUT2D eigenvalue weighted by Crippen LogP contribution is -2.39. The summed E-state index contributed by atoms with van der Waals surface area (Å²) in [5.41, 5.74) is 2.09. The Morgan fingerprint density at radius 3 is 2.42 bits per heavy atom. The van der Waals surface area contributed by atoms with Crippen molar-refractivity contribution in [2.75, 3.05) is 25.5 Å². The minimum Gasteiger partial charge on any atom is -0.414 e. The summed E-state index contributed by atoms with van der Waals surface area (Å²) in [5.74, 6) is -0.218. The maximum absolute atomic E-state index is 13.5. The fourth-order valence-electron chi connectivity index (χ4n) is 4.14. The number of hydrogen-bond donors (Lipinski definition) is 1. The van der Waals surface area contributed by atoms with E-state index >= 15 is 0 Å². The van der Waals surface area contributed by atoms with Gasteiger partial charge in [-0.25, -0.2) is 4.39 Å². The molecule has 2 aromatic carbocycles. The Hall–Kier alpha value is -3.32. The first-order valence-electron chi connectivity index (χ1n) is 10.8. The van der Waals surface area contributed by atoms with Crippen LogP contribution in [0.1, 0.15) is 40.2 Å². The third kappa shape index (κ3) is 5.03. The van der Waals surface area contributed by atoms with E-state index in [0.717, 1.165) is 28.7 Å². The van der Waals surface area contributed by atoms with E-state index in [1.807, 2.05) is 30.3 Å². The van der Waals surface area contributed by atoms with Gasteiger partial charge in [-0.3, -0.25) is 9.59 Å². The molecule has 1 aliphatic rings. The first-order valence-corrected chi connectivity index (χ1v) is 11.2. The van der Waals surface area contributed by atoms with Gasteiger partial charge in [0.1, 0.15) is 17.9 Å². The Labute approximate surface area is 196 Å². The molecule has 4 rings (SSSR count). The first-order chi connectivity index (χ1) is 16.0. The first kappa shape index (κ1) is 22.9. The number of carbonyl (C=O) groups excluding carboxylic acids is 1. The molecule has 0 bridgehead atoms. The quantitative estimate of drug-likeness (QED) is 0.583. The lowest BCUT2D eigenvalue weighted by atomic mass is 9.89. The Balaban J connectivity index is 1.55. The lowest BCUT2D eigenvalue weighted by molar-refractivity contribution is 0.0708.